The zero-order chi connectivity index (χ0) is 15.8. The molecule has 7 heteroatoms. The molecule has 2 aromatic rings. The number of halogens is 1. The van der Waals surface area contributed by atoms with E-state index in [1.807, 2.05) is 24.3 Å². The molecular weight excluding hydrogens is 338 g/mol. The maximum Gasteiger partial charge on any atom is 0.236 e. The van der Waals surface area contributed by atoms with Crippen LogP contribution in [0, 0.1) is 0 Å². The highest BCUT2D eigenvalue weighted by Crippen LogP contribution is 2.19. The topological polar surface area (TPSA) is 54.9 Å². The van der Waals surface area contributed by atoms with E-state index in [-0.39, 0.29) is 5.91 Å². The van der Waals surface area contributed by atoms with Crippen LogP contribution < -0.4 is 5.32 Å². The van der Waals surface area contributed by atoms with Crippen molar-refractivity contribution in [3.63, 3.8) is 0 Å². The maximum absolute atomic E-state index is 11.9. The van der Waals surface area contributed by atoms with E-state index in [1.54, 1.807) is 11.8 Å². The molecule has 0 fully saturated rings. The highest BCUT2D eigenvalue weighted by molar-refractivity contribution is 7.99. The molecule has 0 bridgehead atoms. The lowest BCUT2D eigenvalue weighted by atomic mass is 10.2. The molecule has 0 atom stereocenters. The van der Waals surface area contributed by atoms with E-state index in [2.05, 4.69) is 22.4 Å². The Balaban J connectivity index is 1.71. The molecule has 2 rings (SSSR count). The van der Waals surface area contributed by atoms with Gasteiger partial charge in [-0.25, -0.2) is 0 Å². The molecule has 22 heavy (non-hydrogen) atoms. The van der Waals surface area contributed by atoms with Gasteiger partial charge in [0.2, 0.25) is 11.0 Å². The number of anilines is 1. The Morgan fingerprint density at radius 3 is 2.82 bits per heavy atom. The number of carbonyl (C=O) groups excluding carboxylic acids is 1. The summed E-state index contributed by atoms with van der Waals surface area (Å²) in [6, 6.07) is 7.66. The Morgan fingerprint density at radius 2 is 2.09 bits per heavy atom. The molecule has 0 saturated heterocycles. The lowest BCUT2D eigenvalue weighted by Crippen LogP contribution is -2.13. The van der Waals surface area contributed by atoms with Crippen molar-refractivity contribution in [1.82, 2.24) is 10.2 Å². The first-order valence-corrected chi connectivity index (χ1v) is 9.46. The van der Waals surface area contributed by atoms with Crippen LogP contribution in [0.2, 0.25) is 5.02 Å². The van der Waals surface area contributed by atoms with E-state index < -0.39 is 0 Å². The van der Waals surface area contributed by atoms with E-state index in [9.17, 15) is 4.79 Å². The Kier molecular flexibility index (Phi) is 7.15. The van der Waals surface area contributed by atoms with Gasteiger partial charge in [-0.2, -0.15) is 0 Å². The standard InChI is InChI=1S/C15H18ClN3OS2/c1-2-3-4-14-18-19-15(22-14)17-13(20)10-21-9-11-5-7-12(16)8-6-11/h5-8H,2-4,9-10H2,1H3,(H,17,19,20). The molecule has 1 heterocycles. The summed E-state index contributed by atoms with van der Waals surface area (Å²) in [6.45, 7) is 2.14. The molecule has 0 spiro atoms. The zero-order valence-corrected chi connectivity index (χ0v) is 14.7. The molecule has 1 amide bonds. The van der Waals surface area contributed by atoms with Crippen LogP contribution in [-0.2, 0) is 17.0 Å². The number of nitrogens with one attached hydrogen (secondary N) is 1. The number of carbonyl (C=O) groups is 1. The summed E-state index contributed by atoms with van der Waals surface area (Å²) in [5, 5.41) is 13.2. The molecule has 118 valence electrons. The van der Waals surface area contributed by atoms with Gasteiger partial charge in [0.25, 0.3) is 0 Å². The summed E-state index contributed by atoms with van der Waals surface area (Å²) in [7, 11) is 0. The minimum atomic E-state index is -0.0443. The summed E-state index contributed by atoms with van der Waals surface area (Å²) in [5.74, 6) is 1.13. The van der Waals surface area contributed by atoms with Crippen molar-refractivity contribution < 1.29 is 4.79 Å². The number of unbranched alkanes of at least 4 members (excludes halogenated alkanes) is 1. The molecule has 0 aliphatic heterocycles. The van der Waals surface area contributed by atoms with Gasteiger partial charge >= 0.3 is 0 Å². The number of nitrogens with zero attached hydrogens (tertiary/aromatic N) is 2. The SMILES string of the molecule is CCCCc1nnc(NC(=O)CSCc2ccc(Cl)cc2)s1. The van der Waals surface area contributed by atoms with Crippen LogP contribution >= 0.6 is 34.7 Å². The van der Waals surface area contributed by atoms with Gasteiger partial charge in [-0.3, -0.25) is 10.1 Å². The Hall–Kier alpha value is -1.11. The van der Waals surface area contributed by atoms with Crippen molar-refractivity contribution >= 4 is 45.7 Å². The first kappa shape index (κ1) is 17.2. The number of hydrogen-bond donors (Lipinski definition) is 1. The molecule has 1 aromatic carbocycles. The molecule has 0 saturated carbocycles. The van der Waals surface area contributed by atoms with E-state index in [0.717, 1.165) is 40.6 Å². The summed E-state index contributed by atoms with van der Waals surface area (Å²) in [4.78, 5) is 11.9. The van der Waals surface area contributed by atoms with Gasteiger partial charge in [0.05, 0.1) is 5.75 Å². The Bertz CT molecular complexity index is 601. The minimum Gasteiger partial charge on any atom is -0.300 e. The highest BCUT2D eigenvalue weighted by atomic mass is 35.5. The van der Waals surface area contributed by atoms with E-state index in [4.69, 9.17) is 11.6 Å². The second-order valence-corrected chi connectivity index (χ2v) is 7.26. The number of benzene rings is 1. The molecule has 0 radical (unpaired) electrons. The first-order chi connectivity index (χ1) is 10.7. The van der Waals surface area contributed by atoms with Gasteiger partial charge in [-0.1, -0.05) is 48.4 Å². The monoisotopic (exact) mass is 355 g/mol. The van der Waals surface area contributed by atoms with E-state index in [0.29, 0.717) is 10.9 Å². The third-order valence-electron chi connectivity index (χ3n) is 2.87. The smallest absolute Gasteiger partial charge is 0.236 e. The summed E-state index contributed by atoms with van der Waals surface area (Å²) in [5.41, 5.74) is 1.15. The maximum atomic E-state index is 11.9. The van der Waals surface area contributed by atoms with Gasteiger partial charge in [-0.15, -0.1) is 22.0 Å². The fraction of sp³-hybridized carbons (Fsp3) is 0.400. The first-order valence-electron chi connectivity index (χ1n) is 7.12. The summed E-state index contributed by atoms with van der Waals surface area (Å²) < 4.78 is 0. The van der Waals surface area contributed by atoms with Crippen LogP contribution in [0.25, 0.3) is 0 Å². The van der Waals surface area contributed by atoms with Crippen LogP contribution in [0.4, 0.5) is 5.13 Å². The quantitative estimate of drug-likeness (QED) is 0.762. The van der Waals surface area contributed by atoms with E-state index in [1.165, 1.54) is 11.3 Å². The molecule has 4 nitrogen and oxygen atoms in total. The number of hydrogen-bond acceptors (Lipinski definition) is 5. The molecule has 0 unspecified atom stereocenters. The highest BCUT2D eigenvalue weighted by Gasteiger charge is 2.08. The number of aromatic nitrogens is 2. The fourth-order valence-electron chi connectivity index (χ4n) is 1.73. The van der Waals surface area contributed by atoms with Gasteiger partial charge in [0.15, 0.2) is 0 Å². The van der Waals surface area contributed by atoms with Crippen LogP contribution in [0.3, 0.4) is 0 Å². The lowest BCUT2D eigenvalue weighted by molar-refractivity contribution is -0.113. The van der Waals surface area contributed by atoms with Gasteiger partial charge in [-0.05, 0) is 24.1 Å². The third kappa shape index (κ3) is 5.94. The van der Waals surface area contributed by atoms with Crippen LogP contribution in [0.1, 0.15) is 30.3 Å². The minimum absolute atomic E-state index is 0.0443. The summed E-state index contributed by atoms with van der Waals surface area (Å²) >= 11 is 8.85. The van der Waals surface area contributed by atoms with Crippen LogP contribution in [0.5, 0.6) is 0 Å². The van der Waals surface area contributed by atoms with Crippen molar-refractivity contribution in [3.05, 3.63) is 39.9 Å². The van der Waals surface area contributed by atoms with Gasteiger partial charge < -0.3 is 0 Å². The van der Waals surface area contributed by atoms with Crippen molar-refractivity contribution in [2.24, 2.45) is 0 Å². The number of rotatable bonds is 8. The number of thioether (sulfide) groups is 1. The van der Waals surface area contributed by atoms with Gasteiger partial charge in [0.1, 0.15) is 5.01 Å². The predicted octanol–water partition coefficient (Wildman–Crippen LogP) is 4.41. The predicted molar refractivity (Wildman–Crippen MR) is 94.8 cm³/mol. The third-order valence-corrected chi connectivity index (χ3v) is 5.03. The second-order valence-electron chi connectivity index (χ2n) is 4.77. The summed E-state index contributed by atoms with van der Waals surface area (Å²) in [6.07, 6.45) is 3.15. The van der Waals surface area contributed by atoms with Gasteiger partial charge in [0, 0.05) is 17.2 Å². The van der Waals surface area contributed by atoms with Crippen molar-refractivity contribution in [3.8, 4) is 0 Å². The average molecular weight is 356 g/mol. The number of amides is 1. The largest absolute Gasteiger partial charge is 0.300 e. The molecule has 1 aromatic heterocycles. The molecule has 1 N–H and O–H groups in total. The Labute approximate surface area is 143 Å². The molecule has 0 aliphatic carbocycles. The lowest BCUT2D eigenvalue weighted by Gasteiger charge is -2.02. The average Bonchev–Trinajstić information content (AvgIpc) is 2.94. The number of aryl methyl sites for hydroxylation is 1. The second kappa shape index (κ2) is 9.12. The zero-order valence-electron chi connectivity index (χ0n) is 12.3. The van der Waals surface area contributed by atoms with Crippen LogP contribution in [0.15, 0.2) is 24.3 Å². The van der Waals surface area contributed by atoms with Crippen LogP contribution in [-0.4, -0.2) is 21.9 Å². The Morgan fingerprint density at radius 1 is 1.32 bits per heavy atom. The van der Waals surface area contributed by atoms with Crippen molar-refractivity contribution in [2.45, 2.75) is 31.9 Å². The molecule has 0 aliphatic rings. The van der Waals surface area contributed by atoms with E-state index >= 15 is 0 Å². The van der Waals surface area contributed by atoms with Crippen molar-refractivity contribution in [1.29, 1.82) is 0 Å². The fourth-order valence-corrected chi connectivity index (χ4v) is 3.44. The van der Waals surface area contributed by atoms with Crippen molar-refractivity contribution in [2.75, 3.05) is 11.1 Å². The molecular formula is C15H18ClN3OS2. The normalized spacial score (nSPS) is 10.6.